The van der Waals surface area contributed by atoms with E-state index in [1.807, 2.05) is 0 Å². The lowest BCUT2D eigenvalue weighted by Crippen LogP contribution is -2.48. The lowest BCUT2D eigenvalue weighted by molar-refractivity contribution is -0.139. The van der Waals surface area contributed by atoms with Crippen LogP contribution in [0.4, 0.5) is 0 Å². The van der Waals surface area contributed by atoms with Gasteiger partial charge in [0, 0.05) is 12.6 Å². The van der Waals surface area contributed by atoms with Crippen molar-refractivity contribution >= 4 is 11.8 Å². The third kappa shape index (κ3) is 5.09. The Bertz CT molecular complexity index is 323. The molecule has 1 rings (SSSR count). The normalized spacial score (nSPS) is 21.9. The van der Waals surface area contributed by atoms with Gasteiger partial charge < -0.3 is 20.7 Å². The smallest absolute Gasteiger partial charge is 0.237 e. The van der Waals surface area contributed by atoms with Gasteiger partial charge in [-0.25, -0.2) is 0 Å². The summed E-state index contributed by atoms with van der Waals surface area (Å²) >= 11 is 0. The summed E-state index contributed by atoms with van der Waals surface area (Å²) in [6.45, 7) is 6.54. The van der Waals surface area contributed by atoms with E-state index in [1.54, 1.807) is 4.90 Å². The minimum absolute atomic E-state index is 0.00414. The zero-order chi connectivity index (χ0) is 15.0. The van der Waals surface area contributed by atoms with E-state index in [2.05, 4.69) is 19.2 Å². The molecule has 1 heterocycles. The minimum Gasteiger partial charge on any atom is -0.379 e. The Hall–Kier alpha value is -1.14. The zero-order valence-corrected chi connectivity index (χ0v) is 12.6. The first kappa shape index (κ1) is 16.9. The van der Waals surface area contributed by atoms with Crippen LogP contribution in [0.2, 0.25) is 0 Å². The summed E-state index contributed by atoms with van der Waals surface area (Å²) in [5.41, 5.74) is 5.24. The maximum atomic E-state index is 12.6. The summed E-state index contributed by atoms with van der Waals surface area (Å²) in [6.07, 6.45) is 2.86. The number of hydrogen-bond acceptors (Lipinski definition) is 4. The van der Waals surface area contributed by atoms with Crippen LogP contribution < -0.4 is 11.1 Å². The van der Waals surface area contributed by atoms with Crippen LogP contribution in [0.3, 0.4) is 0 Å². The molecule has 0 radical (unpaired) electrons. The van der Waals surface area contributed by atoms with Crippen molar-refractivity contribution in [1.82, 2.24) is 10.2 Å². The molecule has 0 aromatic rings. The molecular weight excluding hydrogens is 258 g/mol. The number of nitrogens with one attached hydrogen (secondary N) is 1. The molecule has 2 unspecified atom stereocenters. The van der Waals surface area contributed by atoms with Gasteiger partial charge in [0.1, 0.15) is 0 Å². The Labute approximate surface area is 121 Å². The molecule has 6 heteroatoms. The predicted octanol–water partition coefficient (Wildman–Crippen LogP) is 0.115. The van der Waals surface area contributed by atoms with Crippen LogP contribution in [0.15, 0.2) is 0 Å². The van der Waals surface area contributed by atoms with Gasteiger partial charge in [-0.1, -0.05) is 20.3 Å². The van der Waals surface area contributed by atoms with Gasteiger partial charge in [0.05, 0.1) is 25.7 Å². The second-order valence-corrected chi connectivity index (χ2v) is 5.28. The molecule has 116 valence electrons. The number of unbranched alkanes of at least 4 members (excludes halogenated alkanes) is 1. The lowest BCUT2D eigenvalue weighted by atomic mass is 10.0. The maximum absolute atomic E-state index is 12.6. The Morgan fingerprint density at radius 2 is 2.05 bits per heavy atom. The first-order chi connectivity index (χ1) is 9.60. The molecular formula is C14H27N3O3. The topological polar surface area (TPSA) is 84.7 Å². The van der Waals surface area contributed by atoms with Gasteiger partial charge in [-0.05, 0) is 19.4 Å². The number of nitrogens with two attached hydrogens (primary N) is 1. The highest BCUT2D eigenvalue weighted by Gasteiger charge is 2.36. The van der Waals surface area contributed by atoms with Crippen LogP contribution in [0.5, 0.6) is 0 Å². The largest absolute Gasteiger partial charge is 0.379 e. The molecule has 6 nitrogen and oxygen atoms in total. The molecule has 20 heavy (non-hydrogen) atoms. The van der Waals surface area contributed by atoms with Crippen LogP contribution >= 0.6 is 0 Å². The van der Waals surface area contributed by atoms with E-state index in [-0.39, 0.29) is 24.4 Å². The molecule has 2 atom stereocenters. The maximum Gasteiger partial charge on any atom is 0.237 e. The summed E-state index contributed by atoms with van der Waals surface area (Å²) in [4.78, 5) is 25.3. The van der Waals surface area contributed by atoms with E-state index in [9.17, 15) is 9.59 Å². The molecule has 1 aliphatic heterocycles. The van der Waals surface area contributed by atoms with Gasteiger partial charge in [-0.2, -0.15) is 0 Å². The van der Waals surface area contributed by atoms with Crippen LogP contribution in [-0.2, 0) is 14.3 Å². The van der Waals surface area contributed by atoms with Crippen molar-refractivity contribution in [2.24, 2.45) is 11.7 Å². The number of rotatable bonds is 9. The monoisotopic (exact) mass is 285 g/mol. The zero-order valence-electron chi connectivity index (χ0n) is 12.6. The van der Waals surface area contributed by atoms with Crippen molar-refractivity contribution in [3.63, 3.8) is 0 Å². The van der Waals surface area contributed by atoms with E-state index in [4.69, 9.17) is 10.5 Å². The average molecular weight is 285 g/mol. The van der Waals surface area contributed by atoms with Crippen molar-refractivity contribution in [2.45, 2.75) is 39.2 Å². The van der Waals surface area contributed by atoms with Crippen LogP contribution in [0, 0.1) is 5.92 Å². The SMILES string of the molecule is CCCCN(CC(N)=O)C(=O)C1COCC1NCCC. The molecule has 1 aliphatic rings. The summed E-state index contributed by atoms with van der Waals surface area (Å²) in [5, 5.41) is 3.34. The third-order valence-corrected chi connectivity index (χ3v) is 3.49. The standard InChI is InChI=1S/C14H27N3O3/c1-3-5-7-17(8-13(15)18)14(19)11-9-20-10-12(11)16-6-4-2/h11-12,16H,3-10H2,1-2H3,(H2,15,18). The molecule has 0 aromatic heterocycles. The fourth-order valence-electron chi connectivity index (χ4n) is 2.37. The first-order valence-corrected chi connectivity index (χ1v) is 7.48. The Morgan fingerprint density at radius 3 is 2.65 bits per heavy atom. The lowest BCUT2D eigenvalue weighted by Gasteiger charge is -2.26. The second kappa shape index (κ2) is 8.92. The highest BCUT2D eigenvalue weighted by molar-refractivity contribution is 5.85. The highest BCUT2D eigenvalue weighted by atomic mass is 16.5. The van der Waals surface area contributed by atoms with E-state index in [1.165, 1.54) is 0 Å². The number of carbonyl (C=O) groups is 2. The van der Waals surface area contributed by atoms with Crippen molar-refractivity contribution in [3.05, 3.63) is 0 Å². The molecule has 1 saturated heterocycles. The molecule has 0 saturated carbocycles. The van der Waals surface area contributed by atoms with Gasteiger partial charge in [0.25, 0.3) is 0 Å². The molecule has 0 aliphatic carbocycles. The molecule has 1 fully saturated rings. The van der Waals surface area contributed by atoms with Gasteiger partial charge in [0.15, 0.2) is 0 Å². The third-order valence-electron chi connectivity index (χ3n) is 3.49. The Morgan fingerprint density at radius 1 is 1.30 bits per heavy atom. The van der Waals surface area contributed by atoms with Crippen LogP contribution in [-0.4, -0.2) is 55.6 Å². The number of amides is 2. The van der Waals surface area contributed by atoms with Gasteiger partial charge >= 0.3 is 0 Å². The summed E-state index contributed by atoms with van der Waals surface area (Å²) in [5.74, 6) is -0.701. The van der Waals surface area contributed by atoms with Gasteiger partial charge in [0.2, 0.25) is 11.8 Å². The fourth-order valence-corrected chi connectivity index (χ4v) is 2.37. The molecule has 3 N–H and O–H groups in total. The summed E-state index contributed by atoms with van der Waals surface area (Å²) in [7, 11) is 0. The van der Waals surface area contributed by atoms with Gasteiger partial charge in [-0.15, -0.1) is 0 Å². The number of carbonyl (C=O) groups excluding carboxylic acids is 2. The average Bonchev–Trinajstić information content (AvgIpc) is 2.88. The van der Waals surface area contributed by atoms with E-state index < -0.39 is 5.91 Å². The van der Waals surface area contributed by atoms with Crippen molar-refractivity contribution < 1.29 is 14.3 Å². The molecule has 0 spiro atoms. The number of primary amides is 1. The van der Waals surface area contributed by atoms with Crippen molar-refractivity contribution in [2.75, 3.05) is 32.8 Å². The van der Waals surface area contributed by atoms with E-state index in [0.29, 0.717) is 19.8 Å². The number of ether oxygens (including phenoxy) is 1. The fraction of sp³-hybridized carbons (Fsp3) is 0.857. The highest BCUT2D eigenvalue weighted by Crippen LogP contribution is 2.17. The van der Waals surface area contributed by atoms with E-state index in [0.717, 1.165) is 25.8 Å². The van der Waals surface area contributed by atoms with Crippen LogP contribution in [0.1, 0.15) is 33.1 Å². The quantitative estimate of drug-likeness (QED) is 0.630. The second-order valence-electron chi connectivity index (χ2n) is 5.28. The van der Waals surface area contributed by atoms with Crippen LogP contribution in [0.25, 0.3) is 0 Å². The summed E-state index contributed by atoms with van der Waals surface area (Å²) in [6, 6.07) is 0.0412. The predicted molar refractivity (Wildman–Crippen MR) is 77.1 cm³/mol. The van der Waals surface area contributed by atoms with E-state index >= 15 is 0 Å². The van der Waals surface area contributed by atoms with Gasteiger partial charge in [-0.3, -0.25) is 9.59 Å². The molecule has 2 amide bonds. The molecule has 0 aromatic carbocycles. The minimum atomic E-state index is -0.466. The summed E-state index contributed by atoms with van der Waals surface area (Å²) < 4.78 is 5.42. The Balaban J connectivity index is 2.63. The molecule has 0 bridgehead atoms. The van der Waals surface area contributed by atoms with Crippen molar-refractivity contribution in [1.29, 1.82) is 0 Å². The van der Waals surface area contributed by atoms with Crippen molar-refractivity contribution in [3.8, 4) is 0 Å². The Kier molecular flexibility index (Phi) is 7.54. The number of nitrogens with zero attached hydrogens (tertiary/aromatic N) is 1. The number of hydrogen-bond donors (Lipinski definition) is 2. The first-order valence-electron chi connectivity index (χ1n) is 7.48.